The van der Waals surface area contributed by atoms with E-state index in [0.29, 0.717) is 35.1 Å². The van der Waals surface area contributed by atoms with Gasteiger partial charge in [0.1, 0.15) is 0 Å². The van der Waals surface area contributed by atoms with Gasteiger partial charge in [-0.1, -0.05) is 12.2 Å². The zero-order valence-corrected chi connectivity index (χ0v) is 14.4. The molecule has 0 N–H and O–H groups in total. The van der Waals surface area contributed by atoms with E-state index in [1.165, 1.54) is 36.4 Å². The lowest BCUT2D eigenvalue weighted by molar-refractivity contribution is 0.596. The molecule has 25 heavy (non-hydrogen) atoms. The van der Waals surface area contributed by atoms with Crippen molar-refractivity contribution in [2.75, 3.05) is 0 Å². The number of nitrogens with zero attached hydrogens (tertiary/aromatic N) is 2. The minimum absolute atomic E-state index is 0.109. The highest BCUT2D eigenvalue weighted by Crippen LogP contribution is 2.25. The summed E-state index contributed by atoms with van der Waals surface area (Å²) in [5, 5.41) is 18.3. The van der Waals surface area contributed by atoms with E-state index in [4.69, 9.17) is 10.5 Å². The van der Waals surface area contributed by atoms with Crippen molar-refractivity contribution < 1.29 is 8.42 Å². The van der Waals surface area contributed by atoms with Crippen molar-refractivity contribution in [1.29, 1.82) is 10.5 Å². The van der Waals surface area contributed by atoms with Crippen molar-refractivity contribution in [1.82, 2.24) is 0 Å². The molecule has 0 atom stereocenters. The van der Waals surface area contributed by atoms with E-state index in [0.717, 1.165) is 0 Å². The van der Waals surface area contributed by atoms with Gasteiger partial charge in [-0.25, -0.2) is 8.42 Å². The Morgan fingerprint density at radius 1 is 0.840 bits per heavy atom. The third-order valence-electron chi connectivity index (χ3n) is 3.74. The molecule has 0 saturated heterocycles. The summed E-state index contributed by atoms with van der Waals surface area (Å²) in [4.78, 5) is 0.218. The second-order valence-corrected chi connectivity index (χ2v) is 7.30. The maximum atomic E-state index is 12.9. The van der Waals surface area contributed by atoms with Crippen LogP contribution in [0.1, 0.15) is 22.3 Å². The number of allylic oxidation sites excluding steroid dienone is 2. The molecular formula is C20H16N2O2S. The maximum Gasteiger partial charge on any atom is 0.206 e. The van der Waals surface area contributed by atoms with Crippen molar-refractivity contribution in [3.8, 4) is 12.1 Å². The van der Waals surface area contributed by atoms with Gasteiger partial charge in [-0.05, 0) is 60.4 Å². The average Bonchev–Trinajstić information content (AvgIpc) is 2.62. The highest BCUT2D eigenvalue weighted by Gasteiger charge is 2.20. The molecule has 0 fully saturated rings. The SMILES string of the molecule is C=CCc1cc(S(=O)(=O)c2ccc(C#N)c(CC=C)c2)ccc1C#N. The van der Waals surface area contributed by atoms with E-state index in [1.54, 1.807) is 12.2 Å². The number of benzene rings is 2. The summed E-state index contributed by atoms with van der Waals surface area (Å²) in [6.45, 7) is 7.27. The molecule has 0 radical (unpaired) electrons. The summed E-state index contributed by atoms with van der Waals surface area (Å²) in [6, 6.07) is 12.9. The second kappa shape index (κ2) is 7.61. The lowest BCUT2D eigenvalue weighted by Gasteiger charge is -2.10. The molecule has 2 rings (SSSR count). The van der Waals surface area contributed by atoms with Crippen molar-refractivity contribution >= 4 is 9.84 Å². The van der Waals surface area contributed by atoms with Gasteiger partial charge in [0.15, 0.2) is 0 Å². The topological polar surface area (TPSA) is 81.7 Å². The molecule has 0 aliphatic heterocycles. The van der Waals surface area contributed by atoms with Crippen molar-refractivity contribution in [3.05, 3.63) is 84.0 Å². The van der Waals surface area contributed by atoms with E-state index < -0.39 is 9.84 Å². The summed E-state index contributed by atoms with van der Waals surface area (Å²) < 4.78 is 25.9. The van der Waals surface area contributed by atoms with Gasteiger partial charge in [-0.3, -0.25) is 0 Å². The Bertz CT molecular complexity index is 945. The molecule has 0 amide bonds. The van der Waals surface area contributed by atoms with Crippen molar-refractivity contribution in [2.24, 2.45) is 0 Å². The lowest BCUT2D eigenvalue weighted by Crippen LogP contribution is -2.05. The number of hydrogen-bond donors (Lipinski definition) is 0. The lowest BCUT2D eigenvalue weighted by atomic mass is 10.1. The molecule has 0 heterocycles. The van der Waals surface area contributed by atoms with Crippen LogP contribution in [0.5, 0.6) is 0 Å². The van der Waals surface area contributed by atoms with E-state index in [-0.39, 0.29) is 9.79 Å². The van der Waals surface area contributed by atoms with Gasteiger partial charge in [0.2, 0.25) is 9.84 Å². The van der Waals surface area contributed by atoms with Crippen molar-refractivity contribution in [2.45, 2.75) is 22.6 Å². The first-order valence-electron chi connectivity index (χ1n) is 7.50. The number of nitriles is 2. The molecular weight excluding hydrogens is 332 g/mol. The standard InChI is InChI=1S/C20H16N2O2S/c1-3-5-15-11-19(9-7-17(15)13-21)25(23,24)20-10-8-18(14-22)16(12-20)6-4-2/h3-4,7-12H,1-2,5-6H2. The largest absolute Gasteiger partial charge is 0.219 e. The van der Waals surface area contributed by atoms with E-state index in [1.807, 2.05) is 0 Å². The van der Waals surface area contributed by atoms with Crippen molar-refractivity contribution in [3.63, 3.8) is 0 Å². The minimum atomic E-state index is -3.76. The van der Waals surface area contributed by atoms with E-state index in [9.17, 15) is 8.42 Å². The number of sulfone groups is 1. The van der Waals surface area contributed by atoms with Crippen LogP contribution in [-0.4, -0.2) is 8.42 Å². The number of hydrogen-bond acceptors (Lipinski definition) is 4. The van der Waals surface area contributed by atoms with Crippen LogP contribution in [0.3, 0.4) is 0 Å². The molecule has 0 unspecified atom stereocenters. The Hall–Kier alpha value is -3.15. The minimum Gasteiger partial charge on any atom is -0.219 e. The van der Waals surface area contributed by atoms with Crippen LogP contribution in [0, 0.1) is 22.7 Å². The zero-order valence-electron chi connectivity index (χ0n) is 13.6. The Morgan fingerprint density at radius 3 is 1.56 bits per heavy atom. The van der Waals surface area contributed by atoms with Gasteiger partial charge in [-0.2, -0.15) is 10.5 Å². The van der Waals surface area contributed by atoms with Gasteiger partial charge in [0.25, 0.3) is 0 Å². The highest BCUT2D eigenvalue weighted by atomic mass is 32.2. The summed E-state index contributed by atoms with van der Waals surface area (Å²) >= 11 is 0. The Morgan fingerprint density at radius 2 is 1.24 bits per heavy atom. The van der Waals surface area contributed by atoms with Gasteiger partial charge in [0.05, 0.1) is 33.1 Å². The van der Waals surface area contributed by atoms with E-state index in [2.05, 4.69) is 25.3 Å². The summed E-state index contributed by atoms with van der Waals surface area (Å²) in [7, 11) is -3.76. The molecule has 5 heteroatoms. The molecule has 2 aromatic rings. The summed E-state index contributed by atoms with van der Waals surface area (Å²) in [5.74, 6) is 0. The maximum absolute atomic E-state index is 12.9. The molecule has 0 aliphatic carbocycles. The van der Waals surface area contributed by atoms with Gasteiger partial charge in [0, 0.05) is 0 Å². The Balaban J connectivity index is 2.60. The zero-order chi connectivity index (χ0) is 18.4. The monoisotopic (exact) mass is 348 g/mol. The first-order valence-corrected chi connectivity index (χ1v) is 8.99. The summed E-state index contributed by atoms with van der Waals surface area (Å²) in [5.41, 5.74) is 2.06. The highest BCUT2D eigenvalue weighted by molar-refractivity contribution is 7.91. The molecule has 0 spiro atoms. The van der Waals surface area contributed by atoms with Crippen LogP contribution < -0.4 is 0 Å². The average molecular weight is 348 g/mol. The van der Waals surface area contributed by atoms with Crippen LogP contribution in [-0.2, 0) is 22.7 Å². The molecule has 124 valence electrons. The predicted octanol–water partition coefficient (Wildman–Crippen LogP) is 3.72. The first-order chi connectivity index (χ1) is 12.0. The molecule has 0 bridgehead atoms. The van der Waals surface area contributed by atoms with Crippen LogP contribution in [0.2, 0.25) is 0 Å². The summed E-state index contributed by atoms with van der Waals surface area (Å²) in [6.07, 6.45) is 4.05. The Labute approximate surface area is 147 Å². The van der Waals surface area contributed by atoms with Crippen LogP contribution in [0.25, 0.3) is 0 Å². The third kappa shape index (κ3) is 3.68. The fourth-order valence-corrected chi connectivity index (χ4v) is 3.84. The Kier molecular flexibility index (Phi) is 5.54. The molecule has 0 aromatic heterocycles. The molecule has 0 aliphatic rings. The number of rotatable bonds is 6. The fraction of sp³-hybridized carbons (Fsp3) is 0.100. The van der Waals surface area contributed by atoms with Crippen LogP contribution in [0.4, 0.5) is 0 Å². The second-order valence-electron chi connectivity index (χ2n) is 5.35. The quantitative estimate of drug-likeness (QED) is 0.745. The van der Waals surface area contributed by atoms with Gasteiger partial charge in [-0.15, -0.1) is 13.2 Å². The molecule has 2 aromatic carbocycles. The normalized spacial score (nSPS) is 10.5. The molecule has 0 saturated carbocycles. The van der Waals surface area contributed by atoms with Crippen LogP contribution in [0.15, 0.2) is 71.5 Å². The first kappa shape index (κ1) is 18.2. The van der Waals surface area contributed by atoms with Gasteiger partial charge >= 0.3 is 0 Å². The third-order valence-corrected chi connectivity index (χ3v) is 5.49. The fourth-order valence-electron chi connectivity index (χ4n) is 2.48. The van der Waals surface area contributed by atoms with Crippen LogP contribution >= 0.6 is 0 Å². The predicted molar refractivity (Wildman–Crippen MR) is 95.6 cm³/mol. The van der Waals surface area contributed by atoms with Gasteiger partial charge < -0.3 is 0 Å². The van der Waals surface area contributed by atoms with E-state index >= 15 is 0 Å². The smallest absolute Gasteiger partial charge is 0.206 e. The molecule has 4 nitrogen and oxygen atoms in total.